The molecule has 0 aromatic heterocycles. The number of aliphatic hydroxyl groups is 2. The summed E-state index contributed by atoms with van der Waals surface area (Å²) in [5.74, 6) is 1.55. The van der Waals surface area contributed by atoms with Gasteiger partial charge in [-0.1, -0.05) is 24.3 Å². The minimum Gasteiger partial charge on any atom is -0.389 e. The Morgan fingerprint density at radius 3 is 1.69 bits per heavy atom. The predicted octanol–water partition coefficient (Wildman–Crippen LogP) is 0.716. The molecule has 3 aliphatic carbocycles. The highest BCUT2D eigenvalue weighted by atomic mass is 16.3. The average Bonchev–Trinajstić information content (AvgIpc) is 2.70. The van der Waals surface area contributed by atoms with Crippen LogP contribution in [0.3, 0.4) is 0 Å². The normalized spacial score (nSPS) is 57.1. The Morgan fingerprint density at radius 2 is 1.23 bits per heavy atom. The number of allylic oxidation sites excluding steroid dienone is 2. The van der Waals surface area contributed by atoms with Crippen LogP contribution in [0.25, 0.3) is 0 Å². The van der Waals surface area contributed by atoms with Gasteiger partial charge in [0.2, 0.25) is 0 Å². The SMILES string of the molecule is OC1C=CC(O)C2C1[C@@H]1C=C[C@H]2C1. The quantitative estimate of drug-likeness (QED) is 0.536. The Labute approximate surface area is 77.6 Å². The predicted molar refractivity (Wildman–Crippen MR) is 48.9 cm³/mol. The highest BCUT2D eigenvalue weighted by molar-refractivity contribution is 5.22. The monoisotopic (exact) mass is 178 g/mol. The van der Waals surface area contributed by atoms with E-state index < -0.39 is 0 Å². The maximum atomic E-state index is 9.79. The Hall–Kier alpha value is -0.600. The molecule has 0 aromatic rings. The molecule has 0 spiro atoms. The van der Waals surface area contributed by atoms with Crippen molar-refractivity contribution < 1.29 is 10.2 Å². The lowest BCUT2D eigenvalue weighted by atomic mass is 9.73. The van der Waals surface area contributed by atoms with Crippen molar-refractivity contribution in [2.45, 2.75) is 18.6 Å². The summed E-state index contributed by atoms with van der Waals surface area (Å²) in [5, 5.41) is 19.6. The molecule has 2 bridgehead atoms. The van der Waals surface area contributed by atoms with Gasteiger partial charge in [-0.25, -0.2) is 0 Å². The first kappa shape index (κ1) is 7.77. The van der Waals surface area contributed by atoms with Crippen molar-refractivity contribution in [3.8, 4) is 0 Å². The smallest absolute Gasteiger partial charge is 0.0759 e. The van der Waals surface area contributed by atoms with E-state index in [-0.39, 0.29) is 24.0 Å². The molecule has 1 fully saturated rings. The summed E-state index contributed by atoms with van der Waals surface area (Å²) in [6.45, 7) is 0. The zero-order valence-corrected chi connectivity index (χ0v) is 7.38. The fraction of sp³-hybridized carbons (Fsp3) is 0.636. The lowest BCUT2D eigenvalue weighted by Crippen LogP contribution is -2.39. The van der Waals surface area contributed by atoms with Gasteiger partial charge in [0.1, 0.15) is 0 Å². The maximum absolute atomic E-state index is 9.79. The van der Waals surface area contributed by atoms with E-state index in [0.717, 1.165) is 6.42 Å². The van der Waals surface area contributed by atoms with Crippen LogP contribution >= 0.6 is 0 Å². The van der Waals surface area contributed by atoms with Gasteiger partial charge in [-0.05, 0) is 18.3 Å². The van der Waals surface area contributed by atoms with Crippen molar-refractivity contribution in [2.75, 3.05) is 0 Å². The van der Waals surface area contributed by atoms with Gasteiger partial charge in [0.05, 0.1) is 12.2 Å². The number of aliphatic hydroxyl groups excluding tert-OH is 2. The molecule has 0 radical (unpaired) electrons. The van der Waals surface area contributed by atoms with E-state index in [4.69, 9.17) is 0 Å². The Bertz CT molecular complexity index is 256. The molecule has 0 aromatic carbocycles. The van der Waals surface area contributed by atoms with Gasteiger partial charge in [-0.3, -0.25) is 0 Å². The van der Waals surface area contributed by atoms with E-state index in [0.29, 0.717) is 11.8 Å². The van der Waals surface area contributed by atoms with Crippen LogP contribution in [0, 0.1) is 23.7 Å². The third-order valence-electron chi connectivity index (χ3n) is 3.88. The first-order valence-corrected chi connectivity index (χ1v) is 5.00. The molecule has 6 atom stereocenters. The van der Waals surface area contributed by atoms with Crippen LogP contribution in [0.15, 0.2) is 24.3 Å². The maximum Gasteiger partial charge on any atom is 0.0759 e. The van der Waals surface area contributed by atoms with Crippen LogP contribution in [0.1, 0.15) is 6.42 Å². The van der Waals surface area contributed by atoms with Crippen molar-refractivity contribution >= 4 is 0 Å². The molecule has 3 aliphatic rings. The Morgan fingerprint density at radius 1 is 0.769 bits per heavy atom. The zero-order valence-electron chi connectivity index (χ0n) is 7.38. The van der Waals surface area contributed by atoms with Gasteiger partial charge in [-0.2, -0.15) is 0 Å². The summed E-state index contributed by atoms with van der Waals surface area (Å²) in [7, 11) is 0. The molecule has 2 N–H and O–H groups in total. The van der Waals surface area contributed by atoms with Crippen LogP contribution in [0.5, 0.6) is 0 Å². The largest absolute Gasteiger partial charge is 0.389 e. The second-order valence-corrected chi connectivity index (χ2v) is 4.47. The lowest BCUT2D eigenvalue weighted by molar-refractivity contribution is 0.0277. The Balaban J connectivity index is 2.00. The fourth-order valence-corrected chi connectivity index (χ4v) is 3.34. The van der Waals surface area contributed by atoms with Gasteiger partial charge < -0.3 is 10.2 Å². The van der Waals surface area contributed by atoms with E-state index in [1.165, 1.54) is 0 Å². The number of fused-ring (bicyclic) bond motifs is 5. The first-order valence-electron chi connectivity index (χ1n) is 5.00. The summed E-state index contributed by atoms with van der Waals surface area (Å²) in [6, 6.07) is 0. The second-order valence-electron chi connectivity index (χ2n) is 4.47. The summed E-state index contributed by atoms with van der Waals surface area (Å²) in [5.41, 5.74) is 0. The van der Waals surface area contributed by atoms with Gasteiger partial charge in [0.15, 0.2) is 0 Å². The molecule has 3 rings (SSSR count). The molecule has 2 nitrogen and oxygen atoms in total. The van der Waals surface area contributed by atoms with Crippen molar-refractivity contribution in [2.24, 2.45) is 23.7 Å². The molecule has 2 heteroatoms. The number of rotatable bonds is 0. The van der Waals surface area contributed by atoms with E-state index in [9.17, 15) is 10.2 Å². The molecule has 0 aliphatic heterocycles. The molecular weight excluding hydrogens is 164 g/mol. The molecule has 13 heavy (non-hydrogen) atoms. The minimum atomic E-state index is -0.339. The molecule has 0 heterocycles. The van der Waals surface area contributed by atoms with Gasteiger partial charge in [0, 0.05) is 11.8 Å². The van der Waals surface area contributed by atoms with Crippen molar-refractivity contribution in [3.05, 3.63) is 24.3 Å². The van der Waals surface area contributed by atoms with E-state index in [2.05, 4.69) is 12.2 Å². The van der Waals surface area contributed by atoms with Gasteiger partial charge >= 0.3 is 0 Å². The van der Waals surface area contributed by atoms with E-state index in [1.54, 1.807) is 12.2 Å². The molecule has 0 saturated heterocycles. The first-order chi connectivity index (χ1) is 6.27. The molecule has 4 unspecified atom stereocenters. The second kappa shape index (κ2) is 2.46. The summed E-state index contributed by atoms with van der Waals surface area (Å²) in [6.07, 6.45) is 8.37. The number of hydrogen-bond donors (Lipinski definition) is 2. The summed E-state index contributed by atoms with van der Waals surface area (Å²) >= 11 is 0. The van der Waals surface area contributed by atoms with Gasteiger partial charge in [-0.15, -0.1) is 0 Å². The van der Waals surface area contributed by atoms with Crippen molar-refractivity contribution in [1.29, 1.82) is 0 Å². The van der Waals surface area contributed by atoms with Crippen LogP contribution in [-0.4, -0.2) is 22.4 Å². The summed E-state index contributed by atoms with van der Waals surface area (Å²) < 4.78 is 0. The van der Waals surface area contributed by atoms with E-state index in [1.807, 2.05) is 0 Å². The zero-order chi connectivity index (χ0) is 9.00. The van der Waals surface area contributed by atoms with Crippen LogP contribution in [0.4, 0.5) is 0 Å². The standard InChI is InChI=1S/C11H14O2/c12-8-3-4-9(13)11-7-2-1-6(5-7)10(8)11/h1-4,6-13H,5H2/t6-,7+,8?,9?,10?,11?. The van der Waals surface area contributed by atoms with Crippen LogP contribution in [-0.2, 0) is 0 Å². The molecular formula is C11H14O2. The van der Waals surface area contributed by atoms with E-state index >= 15 is 0 Å². The molecule has 70 valence electrons. The van der Waals surface area contributed by atoms with Gasteiger partial charge in [0.25, 0.3) is 0 Å². The fourth-order valence-electron chi connectivity index (χ4n) is 3.34. The van der Waals surface area contributed by atoms with Crippen molar-refractivity contribution in [1.82, 2.24) is 0 Å². The summed E-state index contributed by atoms with van der Waals surface area (Å²) in [4.78, 5) is 0. The lowest BCUT2D eigenvalue weighted by Gasteiger charge is -2.36. The third-order valence-corrected chi connectivity index (χ3v) is 3.88. The minimum absolute atomic E-state index is 0.273. The highest BCUT2D eigenvalue weighted by Crippen LogP contribution is 2.52. The third kappa shape index (κ3) is 0.903. The van der Waals surface area contributed by atoms with Crippen molar-refractivity contribution in [3.63, 3.8) is 0 Å². The Kier molecular flexibility index (Phi) is 1.47. The molecule has 0 amide bonds. The van der Waals surface area contributed by atoms with Crippen LogP contribution < -0.4 is 0 Å². The van der Waals surface area contributed by atoms with Crippen LogP contribution in [0.2, 0.25) is 0 Å². The molecule has 1 saturated carbocycles. The topological polar surface area (TPSA) is 40.5 Å². The average molecular weight is 178 g/mol. The number of hydrogen-bond acceptors (Lipinski definition) is 2. The highest BCUT2D eigenvalue weighted by Gasteiger charge is 2.50.